The topological polar surface area (TPSA) is 55.1 Å². The molecule has 0 saturated carbocycles. The fourth-order valence-electron chi connectivity index (χ4n) is 1.43. The molecule has 0 fully saturated rings. The van der Waals surface area contributed by atoms with Crippen molar-refractivity contribution in [3.63, 3.8) is 0 Å². The number of nitrogens with zero attached hydrogens (tertiary/aromatic N) is 2. The van der Waals surface area contributed by atoms with Gasteiger partial charge in [-0.25, -0.2) is 9.78 Å². The van der Waals surface area contributed by atoms with Gasteiger partial charge in [0, 0.05) is 21.7 Å². The standard InChI is InChI=1S/C10H9BrN2O2S/c1-6-12-3-8(16-6)5-13-4-7(11)2-9(13)10(14)15/h2-4H,5H2,1H3,(H,14,15). The van der Waals surface area contributed by atoms with Crippen molar-refractivity contribution in [2.24, 2.45) is 0 Å². The van der Waals surface area contributed by atoms with Crippen LogP contribution in [0.3, 0.4) is 0 Å². The molecule has 0 aliphatic rings. The summed E-state index contributed by atoms with van der Waals surface area (Å²) < 4.78 is 2.46. The van der Waals surface area contributed by atoms with Crippen molar-refractivity contribution < 1.29 is 9.90 Å². The van der Waals surface area contributed by atoms with Gasteiger partial charge in [-0.05, 0) is 28.9 Å². The van der Waals surface area contributed by atoms with E-state index in [1.165, 1.54) is 0 Å². The molecule has 0 radical (unpaired) electrons. The number of thiazole rings is 1. The number of carboxylic acids is 1. The molecule has 0 bridgehead atoms. The number of aromatic carboxylic acids is 1. The number of carboxylic acid groups (broad SMARTS) is 1. The van der Waals surface area contributed by atoms with E-state index in [0.29, 0.717) is 6.54 Å². The largest absolute Gasteiger partial charge is 0.477 e. The third-order valence-corrected chi connectivity index (χ3v) is 3.41. The maximum Gasteiger partial charge on any atom is 0.352 e. The van der Waals surface area contributed by atoms with Crippen molar-refractivity contribution in [3.8, 4) is 0 Å². The third kappa shape index (κ3) is 2.33. The molecule has 2 aromatic heterocycles. The minimum atomic E-state index is -0.924. The van der Waals surface area contributed by atoms with E-state index in [0.717, 1.165) is 14.4 Å². The fraction of sp³-hybridized carbons (Fsp3) is 0.200. The number of hydrogen-bond donors (Lipinski definition) is 1. The molecule has 0 amide bonds. The Balaban J connectivity index is 2.30. The molecule has 2 aromatic rings. The van der Waals surface area contributed by atoms with E-state index < -0.39 is 5.97 Å². The molecule has 84 valence electrons. The molecular weight excluding hydrogens is 292 g/mol. The van der Waals surface area contributed by atoms with Crippen molar-refractivity contribution in [2.45, 2.75) is 13.5 Å². The van der Waals surface area contributed by atoms with E-state index in [2.05, 4.69) is 20.9 Å². The van der Waals surface area contributed by atoms with E-state index in [1.807, 2.05) is 6.92 Å². The van der Waals surface area contributed by atoms with Gasteiger partial charge in [0.15, 0.2) is 0 Å². The highest BCUT2D eigenvalue weighted by Gasteiger charge is 2.12. The molecule has 0 unspecified atom stereocenters. The molecule has 4 nitrogen and oxygen atoms in total. The summed E-state index contributed by atoms with van der Waals surface area (Å²) in [5.41, 5.74) is 0.276. The van der Waals surface area contributed by atoms with Crippen LogP contribution in [0, 0.1) is 6.92 Å². The second-order valence-electron chi connectivity index (χ2n) is 3.32. The predicted molar refractivity (Wildman–Crippen MR) is 65.0 cm³/mol. The highest BCUT2D eigenvalue weighted by Crippen LogP contribution is 2.19. The molecule has 0 saturated heterocycles. The Morgan fingerprint density at radius 3 is 3.00 bits per heavy atom. The van der Waals surface area contributed by atoms with Gasteiger partial charge in [0.1, 0.15) is 5.69 Å². The van der Waals surface area contributed by atoms with Crippen LogP contribution in [0.4, 0.5) is 0 Å². The van der Waals surface area contributed by atoms with Gasteiger partial charge in [-0.15, -0.1) is 11.3 Å². The molecule has 0 aromatic carbocycles. The number of aromatic nitrogens is 2. The number of carbonyl (C=O) groups is 1. The van der Waals surface area contributed by atoms with E-state index in [9.17, 15) is 4.79 Å². The first kappa shape index (κ1) is 11.3. The summed E-state index contributed by atoms with van der Waals surface area (Å²) in [4.78, 5) is 16.2. The van der Waals surface area contributed by atoms with Crippen LogP contribution in [-0.4, -0.2) is 20.6 Å². The van der Waals surface area contributed by atoms with Gasteiger partial charge < -0.3 is 9.67 Å². The van der Waals surface area contributed by atoms with Crippen LogP contribution >= 0.6 is 27.3 Å². The lowest BCUT2D eigenvalue weighted by Crippen LogP contribution is -2.07. The number of aryl methyl sites for hydroxylation is 1. The first-order chi connectivity index (χ1) is 7.56. The van der Waals surface area contributed by atoms with Gasteiger partial charge in [0.05, 0.1) is 11.6 Å². The van der Waals surface area contributed by atoms with Crippen molar-refractivity contribution in [1.82, 2.24) is 9.55 Å². The van der Waals surface area contributed by atoms with Gasteiger partial charge >= 0.3 is 5.97 Å². The van der Waals surface area contributed by atoms with Crippen LogP contribution in [-0.2, 0) is 6.54 Å². The summed E-state index contributed by atoms with van der Waals surface area (Å²) in [6.07, 6.45) is 3.54. The monoisotopic (exact) mass is 300 g/mol. The lowest BCUT2D eigenvalue weighted by atomic mass is 10.4. The number of rotatable bonds is 3. The van der Waals surface area contributed by atoms with Gasteiger partial charge in [0.25, 0.3) is 0 Å². The van der Waals surface area contributed by atoms with E-state index in [-0.39, 0.29) is 5.69 Å². The molecule has 2 heterocycles. The molecule has 0 aliphatic carbocycles. The Morgan fingerprint density at radius 2 is 2.44 bits per heavy atom. The zero-order valence-electron chi connectivity index (χ0n) is 8.48. The highest BCUT2D eigenvalue weighted by atomic mass is 79.9. The second-order valence-corrected chi connectivity index (χ2v) is 5.56. The van der Waals surface area contributed by atoms with Crippen molar-refractivity contribution in [3.05, 3.63) is 38.5 Å². The van der Waals surface area contributed by atoms with Crippen LogP contribution in [0.15, 0.2) is 22.9 Å². The Hall–Kier alpha value is -1.14. The van der Waals surface area contributed by atoms with Gasteiger partial charge in [-0.2, -0.15) is 0 Å². The first-order valence-electron chi connectivity index (χ1n) is 4.56. The van der Waals surface area contributed by atoms with Gasteiger partial charge in [-0.3, -0.25) is 0 Å². The molecule has 0 aliphatic heterocycles. The SMILES string of the molecule is Cc1ncc(Cn2cc(Br)cc2C(=O)O)s1. The number of hydrogen-bond acceptors (Lipinski definition) is 3. The number of halogens is 1. The molecular formula is C10H9BrN2O2S. The maximum atomic E-state index is 11.0. The van der Waals surface area contributed by atoms with Crippen LogP contribution in [0.2, 0.25) is 0 Å². The molecule has 2 rings (SSSR count). The average molecular weight is 301 g/mol. The molecule has 0 spiro atoms. The van der Waals surface area contributed by atoms with Crippen LogP contribution in [0.1, 0.15) is 20.4 Å². The Labute approximate surface area is 105 Å². The molecule has 1 N–H and O–H groups in total. The van der Waals surface area contributed by atoms with Crippen LogP contribution in [0.5, 0.6) is 0 Å². The van der Waals surface area contributed by atoms with Crippen LogP contribution < -0.4 is 0 Å². The summed E-state index contributed by atoms with van der Waals surface area (Å²) in [5, 5.41) is 9.99. The average Bonchev–Trinajstić information content (AvgIpc) is 2.74. The lowest BCUT2D eigenvalue weighted by Gasteiger charge is -2.02. The molecule has 16 heavy (non-hydrogen) atoms. The minimum Gasteiger partial charge on any atom is -0.477 e. The summed E-state index contributed by atoms with van der Waals surface area (Å²) in [6, 6.07) is 1.59. The second kappa shape index (κ2) is 4.39. The normalized spacial score (nSPS) is 10.6. The van der Waals surface area contributed by atoms with Gasteiger partial charge in [-0.1, -0.05) is 0 Å². The van der Waals surface area contributed by atoms with E-state index in [1.54, 1.807) is 34.4 Å². The summed E-state index contributed by atoms with van der Waals surface area (Å²) in [6.45, 7) is 2.47. The van der Waals surface area contributed by atoms with E-state index in [4.69, 9.17) is 5.11 Å². The first-order valence-corrected chi connectivity index (χ1v) is 6.17. The zero-order valence-corrected chi connectivity index (χ0v) is 10.9. The summed E-state index contributed by atoms with van der Waals surface area (Å²) in [5.74, 6) is -0.924. The van der Waals surface area contributed by atoms with Crippen molar-refractivity contribution in [1.29, 1.82) is 0 Å². The molecule has 6 heteroatoms. The Morgan fingerprint density at radius 1 is 1.69 bits per heavy atom. The summed E-state index contributed by atoms with van der Waals surface area (Å²) in [7, 11) is 0. The third-order valence-electron chi connectivity index (χ3n) is 2.08. The van der Waals surface area contributed by atoms with Crippen molar-refractivity contribution in [2.75, 3.05) is 0 Å². The van der Waals surface area contributed by atoms with Gasteiger partial charge in [0.2, 0.25) is 0 Å². The Bertz CT molecular complexity index is 533. The highest BCUT2D eigenvalue weighted by molar-refractivity contribution is 9.10. The lowest BCUT2D eigenvalue weighted by molar-refractivity contribution is 0.0685. The van der Waals surface area contributed by atoms with Crippen LogP contribution in [0.25, 0.3) is 0 Å². The van der Waals surface area contributed by atoms with Crippen molar-refractivity contribution >= 4 is 33.2 Å². The maximum absolute atomic E-state index is 11.0. The minimum absolute atomic E-state index is 0.276. The smallest absolute Gasteiger partial charge is 0.352 e. The quantitative estimate of drug-likeness (QED) is 0.948. The molecule has 0 atom stereocenters. The Kier molecular flexibility index (Phi) is 3.11. The fourth-order valence-corrected chi connectivity index (χ4v) is 2.69. The zero-order chi connectivity index (χ0) is 11.7. The predicted octanol–water partition coefficient (Wildman–Crippen LogP) is 2.76. The van der Waals surface area contributed by atoms with E-state index >= 15 is 0 Å². The summed E-state index contributed by atoms with van der Waals surface area (Å²) >= 11 is 4.85.